The smallest absolute Gasteiger partial charge is 0.183 e. The Labute approximate surface area is 64.3 Å². The molecule has 1 aromatic carbocycles. The first-order chi connectivity index (χ1) is 4.84. The molecular weight excluding hydrogens is 152 g/mol. The Morgan fingerprint density at radius 3 is 2.60 bits per heavy atom. The highest BCUT2D eigenvalue weighted by molar-refractivity contribution is 6.32. The van der Waals surface area contributed by atoms with Gasteiger partial charge in [0, 0.05) is 0 Å². The van der Waals surface area contributed by atoms with E-state index in [0.29, 0.717) is 10.8 Å². The maximum atomic E-state index is 5.70. The molecule has 0 bridgehead atoms. The average molecular weight is 159 g/mol. The second kappa shape index (κ2) is 3.44. The van der Waals surface area contributed by atoms with Gasteiger partial charge in [-0.15, -0.1) is 0 Å². The van der Waals surface area contributed by atoms with Gasteiger partial charge in [0.2, 0.25) is 0 Å². The minimum atomic E-state index is 0.534. The van der Waals surface area contributed by atoms with E-state index in [-0.39, 0.29) is 0 Å². The van der Waals surface area contributed by atoms with Gasteiger partial charge in [-0.25, -0.2) is 0 Å². The largest absolute Gasteiger partial charge is 0.336 e. The summed E-state index contributed by atoms with van der Waals surface area (Å²) in [4.78, 5) is 9.13. The minimum Gasteiger partial charge on any atom is -0.336 e. The number of para-hydroxylation sites is 1. The molecule has 0 amide bonds. The van der Waals surface area contributed by atoms with E-state index in [2.05, 4.69) is 4.89 Å². The van der Waals surface area contributed by atoms with Gasteiger partial charge >= 0.3 is 0 Å². The summed E-state index contributed by atoms with van der Waals surface area (Å²) in [6.45, 7) is 0. The molecule has 0 spiro atoms. The van der Waals surface area contributed by atoms with Crippen molar-refractivity contribution in [2.24, 2.45) is 0 Å². The Morgan fingerprint density at radius 2 is 2.00 bits per heavy atom. The van der Waals surface area contributed by atoms with E-state index in [1.165, 1.54) is 7.11 Å². The third-order valence-corrected chi connectivity index (χ3v) is 1.32. The van der Waals surface area contributed by atoms with E-state index in [1.54, 1.807) is 12.1 Å². The molecule has 0 aliphatic carbocycles. The molecule has 0 N–H and O–H groups in total. The summed E-state index contributed by atoms with van der Waals surface area (Å²) in [5, 5.41) is 0.546. The number of halogens is 1. The molecule has 0 heterocycles. The quantitative estimate of drug-likeness (QED) is 0.486. The van der Waals surface area contributed by atoms with Crippen LogP contribution >= 0.6 is 11.6 Å². The normalized spacial score (nSPS) is 9.40. The van der Waals surface area contributed by atoms with Gasteiger partial charge in [0.05, 0.1) is 12.1 Å². The minimum absolute atomic E-state index is 0.534. The molecule has 0 atom stereocenters. The Morgan fingerprint density at radius 1 is 1.30 bits per heavy atom. The first-order valence-electron chi connectivity index (χ1n) is 2.80. The van der Waals surface area contributed by atoms with Crippen molar-refractivity contribution in [2.75, 3.05) is 7.11 Å². The van der Waals surface area contributed by atoms with Crippen molar-refractivity contribution in [3.63, 3.8) is 0 Å². The SMILES string of the molecule is COOc1ccccc1Cl. The maximum Gasteiger partial charge on any atom is 0.183 e. The summed E-state index contributed by atoms with van der Waals surface area (Å²) in [7, 11) is 1.43. The lowest BCUT2D eigenvalue weighted by molar-refractivity contribution is -0.178. The number of hydrogen-bond donors (Lipinski definition) is 0. The zero-order chi connectivity index (χ0) is 7.40. The molecule has 0 unspecified atom stereocenters. The van der Waals surface area contributed by atoms with Crippen molar-refractivity contribution < 1.29 is 9.78 Å². The van der Waals surface area contributed by atoms with Crippen LogP contribution in [0.4, 0.5) is 0 Å². The summed E-state index contributed by atoms with van der Waals surface area (Å²) < 4.78 is 0. The van der Waals surface area contributed by atoms with Crippen LogP contribution in [0.15, 0.2) is 24.3 Å². The zero-order valence-corrected chi connectivity index (χ0v) is 6.26. The van der Waals surface area contributed by atoms with Gasteiger partial charge in [0.1, 0.15) is 0 Å². The molecule has 0 fully saturated rings. The first-order valence-corrected chi connectivity index (χ1v) is 3.17. The van der Waals surface area contributed by atoms with E-state index in [9.17, 15) is 0 Å². The molecule has 0 aliphatic heterocycles. The van der Waals surface area contributed by atoms with Gasteiger partial charge in [-0.05, 0) is 12.1 Å². The van der Waals surface area contributed by atoms with Gasteiger partial charge in [-0.2, -0.15) is 4.89 Å². The third-order valence-electron chi connectivity index (χ3n) is 1.01. The van der Waals surface area contributed by atoms with Crippen molar-refractivity contribution >= 4 is 11.6 Å². The van der Waals surface area contributed by atoms with Crippen molar-refractivity contribution in [2.45, 2.75) is 0 Å². The van der Waals surface area contributed by atoms with Crippen LogP contribution in [-0.4, -0.2) is 7.11 Å². The van der Waals surface area contributed by atoms with E-state index >= 15 is 0 Å². The fourth-order valence-electron chi connectivity index (χ4n) is 0.602. The second-order valence-corrected chi connectivity index (χ2v) is 2.09. The van der Waals surface area contributed by atoms with E-state index in [4.69, 9.17) is 16.5 Å². The predicted molar refractivity (Wildman–Crippen MR) is 39.1 cm³/mol. The highest BCUT2D eigenvalue weighted by Gasteiger charge is 1.97. The van der Waals surface area contributed by atoms with Crippen LogP contribution in [0.3, 0.4) is 0 Å². The third kappa shape index (κ3) is 1.62. The molecule has 54 valence electrons. The summed E-state index contributed by atoms with van der Waals surface area (Å²) in [5.74, 6) is 0.534. The lowest BCUT2D eigenvalue weighted by atomic mass is 10.3. The summed E-state index contributed by atoms with van der Waals surface area (Å²) >= 11 is 5.70. The van der Waals surface area contributed by atoms with Crippen LogP contribution in [0.25, 0.3) is 0 Å². The average Bonchev–Trinajstić information content (AvgIpc) is 1.94. The predicted octanol–water partition coefficient (Wildman–Crippen LogP) is 2.28. The van der Waals surface area contributed by atoms with Gasteiger partial charge in [-0.1, -0.05) is 23.7 Å². The highest BCUT2D eigenvalue weighted by Crippen LogP contribution is 2.22. The Kier molecular flexibility index (Phi) is 2.54. The molecule has 0 aliphatic rings. The lowest BCUT2D eigenvalue weighted by Gasteiger charge is -2.00. The molecular formula is C7H7ClO2. The molecule has 10 heavy (non-hydrogen) atoms. The van der Waals surface area contributed by atoms with Gasteiger partial charge in [-0.3, -0.25) is 0 Å². The van der Waals surface area contributed by atoms with E-state index in [0.717, 1.165) is 0 Å². The Hall–Kier alpha value is -0.730. The fraction of sp³-hybridized carbons (Fsp3) is 0.143. The molecule has 3 heteroatoms. The van der Waals surface area contributed by atoms with Crippen molar-refractivity contribution in [1.29, 1.82) is 0 Å². The molecule has 0 aromatic heterocycles. The first kappa shape index (κ1) is 7.38. The summed E-state index contributed by atoms with van der Waals surface area (Å²) in [6.07, 6.45) is 0. The number of rotatable bonds is 2. The van der Waals surface area contributed by atoms with Gasteiger partial charge < -0.3 is 4.89 Å². The van der Waals surface area contributed by atoms with E-state index in [1.807, 2.05) is 12.1 Å². The number of benzene rings is 1. The van der Waals surface area contributed by atoms with Crippen molar-refractivity contribution in [3.05, 3.63) is 29.3 Å². The molecule has 1 aromatic rings. The molecule has 2 nitrogen and oxygen atoms in total. The molecule has 0 radical (unpaired) electrons. The van der Waals surface area contributed by atoms with Gasteiger partial charge in [0.25, 0.3) is 0 Å². The van der Waals surface area contributed by atoms with Crippen LogP contribution < -0.4 is 4.89 Å². The van der Waals surface area contributed by atoms with Crippen LogP contribution in [0.1, 0.15) is 0 Å². The zero-order valence-electron chi connectivity index (χ0n) is 5.50. The summed E-state index contributed by atoms with van der Waals surface area (Å²) in [6, 6.07) is 7.10. The summed E-state index contributed by atoms with van der Waals surface area (Å²) in [5.41, 5.74) is 0. The lowest BCUT2D eigenvalue weighted by Crippen LogP contribution is -1.89. The standard InChI is InChI=1S/C7H7ClO2/c1-9-10-7-5-3-2-4-6(7)8/h2-5H,1H3. The van der Waals surface area contributed by atoms with Crippen molar-refractivity contribution in [3.8, 4) is 5.75 Å². The molecule has 0 saturated carbocycles. The maximum absolute atomic E-state index is 5.70. The molecule has 1 rings (SSSR count). The number of hydrogen-bond acceptors (Lipinski definition) is 2. The second-order valence-electron chi connectivity index (χ2n) is 1.68. The van der Waals surface area contributed by atoms with Crippen LogP contribution in [0.2, 0.25) is 5.02 Å². The Bertz CT molecular complexity index is 213. The fourth-order valence-corrected chi connectivity index (χ4v) is 0.769. The highest BCUT2D eigenvalue weighted by atomic mass is 35.5. The molecule has 0 saturated heterocycles. The van der Waals surface area contributed by atoms with E-state index < -0.39 is 0 Å². The van der Waals surface area contributed by atoms with Crippen molar-refractivity contribution in [1.82, 2.24) is 0 Å². The monoisotopic (exact) mass is 158 g/mol. The van der Waals surface area contributed by atoms with Gasteiger partial charge in [0.15, 0.2) is 5.75 Å². The Balaban J connectivity index is 2.81. The topological polar surface area (TPSA) is 18.5 Å². The van der Waals surface area contributed by atoms with Crippen LogP contribution in [-0.2, 0) is 4.89 Å². The van der Waals surface area contributed by atoms with Crippen LogP contribution in [0, 0.1) is 0 Å². The van der Waals surface area contributed by atoms with Crippen LogP contribution in [0.5, 0.6) is 5.75 Å².